The van der Waals surface area contributed by atoms with E-state index in [4.69, 9.17) is 4.74 Å². The molecule has 16 heavy (non-hydrogen) atoms. The summed E-state index contributed by atoms with van der Waals surface area (Å²) in [5.74, 6) is 0. The summed E-state index contributed by atoms with van der Waals surface area (Å²) in [5, 5.41) is 0. The second-order valence-corrected chi connectivity index (χ2v) is 4.68. The van der Waals surface area contributed by atoms with E-state index in [9.17, 15) is 0 Å². The van der Waals surface area contributed by atoms with Crippen molar-refractivity contribution in [2.24, 2.45) is 0 Å². The van der Waals surface area contributed by atoms with Crippen LogP contribution in [0.15, 0.2) is 0 Å². The van der Waals surface area contributed by atoms with Gasteiger partial charge in [0.2, 0.25) is 0 Å². The lowest BCUT2D eigenvalue weighted by Crippen LogP contribution is -2.46. The molecular formula is C13H28N2O. The zero-order valence-corrected chi connectivity index (χ0v) is 11.1. The van der Waals surface area contributed by atoms with Gasteiger partial charge in [-0.2, -0.15) is 0 Å². The Labute approximate surface area is 101 Å². The summed E-state index contributed by atoms with van der Waals surface area (Å²) in [7, 11) is 1.78. The number of methoxy groups -OCH3 is 1. The molecule has 0 aliphatic carbocycles. The molecule has 1 rings (SSSR count). The third-order valence-electron chi connectivity index (χ3n) is 3.48. The van der Waals surface area contributed by atoms with Crippen LogP contribution in [0.25, 0.3) is 0 Å². The Morgan fingerprint density at radius 2 is 1.50 bits per heavy atom. The molecule has 96 valence electrons. The number of rotatable bonds is 8. The topological polar surface area (TPSA) is 15.7 Å². The molecule has 1 aliphatic heterocycles. The molecule has 0 aromatic rings. The summed E-state index contributed by atoms with van der Waals surface area (Å²) in [6, 6.07) is 0. The van der Waals surface area contributed by atoms with E-state index in [-0.39, 0.29) is 0 Å². The SMILES string of the molecule is CCN1CCN(CCCCCCOC)CC1. The average molecular weight is 228 g/mol. The van der Waals surface area contributed by atoms with Crippen molar-refractivity contribution in [2.45, 2.75) is 32.6 Å². The van der Waals surface area contributed by atoms with Gasteiger partial charge in [-0.25, -0.2) is 0 Å². The highest BCUT2D eigenvalue weighted by atomic mass is 16.5. The molecule has 1 saturated heterocycles. The fourth-order valence-corrected chi connectivity index (χ4v) is 2.26. The Hall–Kier alpha value is -0.120. The van der Waals surface area contributed by atoms with Gasteiger partial charge in [-0.1, -0.05) is 19.8 Å². The van der Waals surface area contributed by atoms with Gasteiger partial charge in [0.25, 0.3) is 0 Å². The zero-order chi connectivity index (χ0) is 11.6. The summed E-state index contributed by atoms with van der Waals surface area (Å²) < 4.78 is 5.05. The van der Waals surface area contributed by atoms with E-state index >= 15 is 0 Å². The molecule has 1 fully saturated rings. The van der Waals surface area contributed by atoms with Crippen molar-refractivity contribution >= 4 is 0 Å². The minimum absolute atomic E-state index is 0.926. The third kappa shape index (κ3) is 5.83. The van der Waals surface area contributed by atoms with Crippen molar-refractivity contribution in [3.05, 3.63) is 0 Å². The molecule has 0 bridgehead atoms. The quantitative estimate of drug-likeness (QED) is 0.590. The van der Waals surface area contributed by atoms with Crippen molar-refractivity contribution in [3.63, 3.8) is 0 Å². The number of nitrogens with zero attached hydrogens (tertiary/aromatic N) is 2. The highest BCUT2D eigenvalue weighted by Crippen LogP contribution is 2.05. The number of piperazine rings is 1. The maximum Gasteiger partial charge on any atom is 0.0462 e. The van der Waals surface area contributed by atoms with Crippen LogP contribution in [0.5, 0.6) is 0 Å². The first-order chi connectivity index (χ1) is 7.86. The second-order valence-electron chi connectivity index (χ2n) is 4.68. The normalized spacial score (nSPS) is 19.1. The predicted octanol–water partition coefficient (Wildman–Crippen LogP) is 1.83. The maximum absolute atomic E-state index is 5.05. The van der Waals surface area contributed by atoms with E-state index in [1.807, 2.05) is 0 Å². The molecule has 0 aromatic carbocycles. The fraction of sp³-hybridized carbons (Fsp3) is 1.00. The first kappa shape index (κ1) is 13.9. The Bertz CT molecular complexity index is 156. The summed E-state index contributed by atoms with van der Waals surface area (Å²) >= 11 is 0. The van der Waals surface area contributed by atoms with Crippen molar-refractivity contribution in [1.82, 2.24) is 9.80 Å². The van der Waals surface area contributed by atoms with E-state index in [1.165, 1.54) is 65.0 Å². The molecule has 0 amide bonds. The molecule has 0 N–H and O–H groups in total. The molecule has 0 saturated carbocycles. The van der Waals surface area contributed by atoms with Gasteiger partial charge < -0.3 is 14.5 Å². The summed E-state index contributed by atoms with van der Waals surface area (Å²) in [5.41, 5.74) is 0. The number of unbranched alkanes of at least 4 members (excludes halogenated alkanes) is 3. The standard InChI is InChI=1S/C13H28N2O/c1-3-14-9-11-15(12-10-14)8-6-4-5-7-13-16-2/h3-13H2,1-2H3. The lowest BCUT2D eigenvalue weighted by Gasteiger charge is -2.33. The zero-order valence-electron chi connectivity index (χ0n) is 11.1. The lowest BCUT2D eigenvalue weighted by molar-refractivity contribution is 0.135. The first-order valence-corrected chi connectivity index (χ1v) is 6.80. The van der Waals surface area contributed by atoms with Crippen LogP contribution in [0.4, 0.5) is 0 Å². The maximum atomic E-state index is 5.05. The van der Waals surface area contributed by atoms with E-state index in [2.05, 4.69) is 16.7 Å². The van der Waals surface area contributed by atoms with Crippen LogP contribution in [0.2, 0.25) is 0 Å². The van der Waals surface area contributed by atoms with E-state index in [1.54, 1.807) is 7.11 Å². The molecule has 1 aliphatic rings. The predicted molar refractivity (Wildman–Crippen MR) is 68.9 cm³/mol. The average Bonchev–Trinajstić information content (AvgIpc) is 2.34. The van der Waals surface area contributed by atoms with E-state index < -0.39 is 0 Å². The van der Waals surface area contributed by atoms with Gasteiger partial charge in [-0.05, 0) is 25.9 Å². The molecular weight excluding hydrogens is 200 g/mol. The molecule has 0 spiro atoms. The highest BCUT2D eigenvalue weighted by molar-refractivity contribution is 4.70. The second kappa shape index (κ2) is 8.97. The number of hydrogen-bond donors (Lipinski definition) is 0. The van der Waals surface area contributed by atoms with Crippen molar-refractivity contribution in [2.75, 3.05) is 53.0 Å². The molecule has 1 heterocycles. The molecule has 0 atom stereocenters. The van der Waals surface area contributed by atoms with Crippen molar-refractivity contribution < 1.29 is 4.74 Å². The molecule has 3 nitrogen and oxygen atoms in total. The summed E-state index contributed by atoms with van der Waals surface area (Å²) in [6.07, 6.45) is 5.26. The third-order valence-corrected chi connectivity index (χ3v) is 3.48. The minimum Gasteiger partial charge on any atom is -0.385 e. The van der Waals surface area contributed by atoms with Crippen molar-refractivity contribution in [3.8, 4) is 0 Å². The van der Waals surface area contributed by atoms with Gasteiger partial charge in [0, 0.05) is 39.9 Å². The Balaban J connectivity index is 1.90. The van der Waals surface area contributed by atoms with Crippen LogP contribution in [0, 0.1) is 0 Å². The highest BCUT2D eigenvalue weighted by Gasteiger charge is 2.14. The van der Waals surface area contributed by atoms with Crippen LogP contribution in [0.1, 0.15) is 32.6 Å². The number of ether oxygens (including phenoxy) is 1. The van der Waals surface area contributed by atoms with Gasteiger partial charge in [0.15, 0.2) is 0 Å². The molecule has 3 heteroatoms. The summed E-state index contributed by atoms with van der Waals surface area (Å²) in [4.78, 5) is 5.15. The molecule has 0 unspecified atom stereocenters. The largest absolute Gasteiger partial charge is 0.385 e. The summed E-state index contributed by atoms with van der Waals surface area (Å²) in [6.45, 7) is 10.8. The number of likely N-dealkylation sites (N-methyl/N-ethyl adjacent to an activating group) is 1. The van der Waals surface area contributed by atoms with Gasteiger partial charge in [0.1, 0.15) is 0 Å². The van der Waals surface area contributed by atoms with Gasteiger partial charge in [-0.3, -0.25) is 0 Å². The smallest absolute Gasteiger partial charge is 0.0462 e. The van der Waals surface area contributed by atoms with Crippen LogP contribution < -0.4 is 0 Å². The first-order valence-electron chi connectivity index (χ1n) is 6.80. The minimum atomic E-state index is 0.926. The van der Waals surface area contributed by atoms with Crippen LogP contribution in [-0.2, 0) is 4.74 Å². The monoisotopic (exact) mass is 228 g/mol. The molecule has 0 aromatic heterocycles. The van der Waals surface area contributed by atoms with Crippen LogP contribution in [0.3, 0.4) is 0 Å². The van der Waals surface area contributed by atoms with Crippen LogP contribution in [-0.4, -0.2) is 62.8 Å². The van der Waals surface area contributed by atoms with Gasteiger partial charge >= 0.3 is 0 Å². The Kier molecular flexibility index (Phi) is 7.81. The Morgan fingerprint density at radius 3 is 2.12 bits per heavy atom. The van der Waals surface area contributed by atoms with Crippen LogP contribution >= 0.6 is 0 Å². The van der Waals surface area contributed by atoms with E-state index in [0.717, 1.165) is 6.61 Å². The van der Waals surface area contributed by atoms with Gasteiger partial charge in [-0.15, -0.1) is 0 Å². The Morgan fingerprint density at radius 1 is 0.875 bits per heavy atom. The number of hydrogen-bond acceptors (Lipinski definition) is 3. The van der Waals surface area contributed by atoms with E-state index in [0.29, 0.717) is 0 Å². The fourth-order valence-electron chi connectivity index (χ4n) is 2.26. The van der Waals surface area contributed by atoms with Gasteiger partial charge in [0.05, 0.1) is 0 Å². The van der Waals surface area contributed by atoms with Crippen molar-refractivity contribution in [1.29, 1.82) is 0 Å². The lowest BCUT2D eigenvalue weighted by atomic mass is 10.2. The molecule has 0 radical (unpaired) electrons.